The zero-order valence-corrected chi connectivity index (χ0v) is 12.3. The summed E-state index contributed by atoms with van der Waals surface area (Å²) in [5, 5.41) is 3.36. The van der Waals surface area contributed by atoms with Gasteiger partial charge in [0.25, 0.3) is 0 Å². The van der Waals surface area contributed by atoms with Crippen LogP contribution in [0.5, 0.6) is 0 Å². The van der Waals surface area contributed by atoms with Crippen LogP contribution in [0.15, 0.2) is 29.2 Å². The van der Waals surface area contributed by atoms with E-state index in [1.54, 1.807) is 12.1 Å². The third kappa shape index (κ3) is 4.90. The molecule has 112 valence electrons. The molecule has 0 aromatic heterocycles. The fraction of sp³-hybridized carbons (Fsp3) is 0.571. The summed E-state index contributed by atoms with van der Waals surface area (Å²) >= 11 is -0.0925. The van der Waals surface area contributed by atoms with E-state index in [4.69, 9.17) is 4.74 Å². The summed E-state index contributed by atoms with van der Waals surface area (Å²) in [4.78, 5) is 0.204. The maximum atomic E-state index is 12.2. The minimum absolute atomic E-state index is 0.0925. The van der Waals surface area contributed by atoms with Crippen molar-refractivity contribution in [3.63, 3.8) is 0 Å². The highest BCUT2D eigenvalue weighted by atomic mass is 32.2. The van der Waals surface area contributed by atoms with Gasteiger partial charge in [-0.25, -0.2) is 0 Å². The molecule has 1 aromatic carbocycles. The molecule has 1 saturated heterocycles. The van der Waals surface area contributed by atoms with E-state index in [1.165, 1.54) is 12.1 Å². The molecular weight excluding hydrogens is 287 g/mol. The molecule has 1 aromatic rings. The first-order chi connectivity index (χ1) is 9.23. The zero-order valence-electron chi connectivity index (χ0n) is 11.5. The molecule has 2 rings (SSSR count). The van der Waals surface area contributed by atoms with E-state index >= 15 is 0 Å². The predicted octanol–water partition coefficient (Wildman–Crippen LogP) is 4.67. The highest BCUT2D eigenvalue weighted by Crippen LogP contribution is 2.37. The summed E-state index contributed by atoms with van der Waals surface area (Å²) in [6, 6.07) is 6.66. The number of ether oxygens (including phenoxy) is 1. The first kappa shape index (κ1) is 15.5. The number of benzene rings is 1. The van der Waals surface area contributed by atoms with E-state index in [0.29, 0.717) is 12.6 Å². The van der Waals surface area contributed by atoms with Crippen molar-refractivity contribution in [2.45, 2.75) is 48.7 Å². The van der Waals surface area contributed by atoms with Crippen LogP contribution in [0.25, 0.3) is 0 Å². The maximum Gasteiger partial charge on any atom is 0.446 e. The van der Waals surface area contributed by atoms with Crippen LogP contribution >= 0.6 is 11.8 Å². The molecule has 0 spiro atoms. The van der Waals surface area contributed by atoms with Gasteiger partial charge in [-0.2, -0.15) is 13.2 Å². The smallest absolute Gasteiger partial charge is 0.382 e. The standard InChI is InChI=1S/C14H18F3NOS/c1-13(2)9-11(7-8-19-13)18-10-3-5-12(6-4-10)20-14(15,16)17/h3-6,11,18H,7-9H2,1-2H3. The summed E-state index contributed by atoms with van der Waals surface area (Å²) < 4.78 is 42.3. The molecule has 0 amide bonds. The third-order valence-electron chi connectivity index (χ3n) is 3.16. The van der Waals surface area contributed by atoms with Gasteiger partial charge < -0.3 is 10.1 Å². The SMILES string of the molecule is CC1(C)CC(Nc2ccc(SC(F)(F)F)cc2)CCO1. The lowest BCUT2D eigenvalue weighted by atomic mass is 9.94. The molecule has 1 N–H and O–H groups in total. The van der Waals surface area contributed by atoms with Gasteiger partial charge in [-0.1, -0.05) is 0 Å². The van der Waals surface area contributed by atoms with E-state index in [1.807, 2.05) is 13.8 Å². The van der Waals surface area contributed by atoms with Gasteiger partial charge in [-0.3, -0.25) is 0 Å². The number of halogens is 3. The van der Waals surface area contributed by atoms with Crippen molar-refractivity contribution in [2.75, 3.05) is 11.9 Å². The highest BCUT2D eigenvalue weighted by molar-refractivity contribution is 8.00. The average Bonchev–Trinajstić information content (AvgIpc) is 2.28. The highest BCUT2D eigenvalue weighted by Gasteiger charge is 2.30. The summed E-state index contributed by atoms with van der Waals surface area (Å²) in [5.41, 5.74) is -3.54. The number of hydrogen-bond donors (Lipinski definition) is 1. The quantitative estimate of drug-likeness (QED) is 0.820. The molecule has 1 aliphatic heterocycles. The Morgan fingerprint density at radius 2 is 1.90 bits per heavy atom. The molecule has 0 radical (unpaired) electrons. The van der Waals surface area contributed by atoms with Gasteiger partial charge in [0.2, 0.25) is 0 Å². The average molecular weight is 305 g/mol. The summed E-state index contributed by atoms with van der Waals surface area (Å²) in [6.45, 7) is 4.79. The molecule has 2 nitrogen and oxygen atoms in total. The number of alkyl halides is 3. The number of rotatable bonds is 3. The molecule has 1 atom stereocenters. The van der Waals surface area contributed by atoms with Crippen LogP contribution in [0.2, 0.25) is 0 Å². The van der Waals surface area contributed by atoms with E-state index in [-0.39, 0.29) is 22.3 Å². The molecule has 6 heteroatoms. The Labute approximate surface area is 121 Å². The molecular formula is C14H18F3NOS. The van der Waals surface area contributed by atoms with Gasteiger partial charge in [0.15, 0.2) is 0 Å². The zero-order chi connectivity index (χ0) is 14.8. The summed E-state index contributed by atoms with van der Waals surface area (Å²) in [5.74, 6) is 0. The molecule has 1 fully saturated rings. The topological polar surface area (TPSA) is 21.3 Å². The van der Waals surface area contributed by atoms with Gasteiger partial charge in [-0.05, 0) is 62.7 Å². The number of thioether (sulfide) groups is 1. The van der Waals surface area contributed by atoms with E-state index < -0.39 is 5.51 Å². The second-order valence-electron chi connectivity index (χ2n) is 5.51. The van der Waals surface area contributed by atoms with Crippen molar-refractivity contribution in [3.8, 4) is 0 Å². The Bertz CT molecular complexity index is 445. The molecule has 0 aliphatic carbocycles. The predicted molar refractivity (Wildman–Crippen MR) is 75.0 cm³/mol. The number of hydrogen-bond acceptors (Lipinski definition) is 3. The number of nitrogens with one attached hydrogen (secondary N) is 1. The van der Waals surface area contributed by atoms with Crippen molar-refractivity contribution in [3.05, 3.63) is 24.3 Å². The van der Waals surface area contributed by atoms with Crippen LogP contribution in [0, 0.1) is 0 Å². The second-order valence-corrected chi connectivity index (χ2v) is 6.65. The Hall–Kier alpha value is -0.880. The molecule has 0 bridgehead atoms. The minimum atomic E-state index is -4.24. The van der Waals surface area contributed by atoms with E-state index in [2.05, 4.69) is 5.32 Å². The molecule has 0 saturated carbocycles. The molecule has 1 unspecified atom stereocenters. The van der Waals surface area contributed by atoms with Gasteiger partial charge in [-0.15, -0.1) is 0 Å². The fourth-order valence-electron chi connectivity index (χ4n) is 2.34. The van der Waals surface area contributed by atoms with Crippen molar-refractivity contribution in [1.82, 2.24) is 0 Å². The van der Waals surface area contributed by atoms with Gasteiger partial charge >= 0.3 is 5.51 Å². The Morgan fingerprint density at radius 3 is 2.45 bits per heavy atom. The molecule has 1 aliphatic rings. The molecule has 20 heavy (non-hydrogen) atoms. The van der Waals surface area contributed by atoms with Crippen molar-refractivity contribution in [2.24, 2.45) is 0 Å². The normalized spacial score (nSPS) is 22.6. The van der Waals surface area contributed by atoms with Crippen LogP contribution < -0.4 is 5.32 Å². The lowest BCUT2D eigenvalue weighted by Crippen LogP contribution is -2.40. The Balaban J connectivity index is 1.94. The van der Waals surface area contributed by atoms with Gasteiger partial charge in [0.1, 0.15) is 0 Å². The summed E-state index contributed by atoms with van der Waals surface area (Å²) in [7, 11) is 0. The fourth-order valence-corrected chi connectivity index (χ4v) is 2.88. The lowest BCUT2D eigenvalue weighted by molar-refractivity contribution is -0.0553. The maximum absolute atomic E-state index is 12.2. The van der Waals surface area contributed by atoms with E-state index in [9.17, 15) is 13.2 Å². The third-order valence-corrected chi connectivity index (χ3v) is 3.90. The Morgan fingerprint density at radius 1 is 1.25 bits per heavy atom. The Kier molecular flexibility index (Phi) is 4.54. The number of anilines is 1. The van der Waals surface area contributed by atoms with Crippen LogP contribution in [0.4, 0.5) is 18.9 Å². The van der Waals surface area contributed by atoms with Crippen LogP contribution in [-0.4, -0.2) is 23.8 Å². The van der Waals surface area contributed by atoms with Crippen molar-refractivity contribution < 1.29 is 17.9 Å². The largest absolute Gasteiger partial charge is 0.446 e. The van der Waals surface area contributed by atoms with Crippen molar-refractivity contribution in [1.29, 1.82) is 0 Å². The second kappa shape index (κ2) is 5.85. The summed E-state index contributed by atoms with van der Waals surface area (Å²) in [6.07, 6.45) is 1.79. The molecule has 1 heterocycles. The van der Waals surface area contributed by atoms with Crippen molar-refractivity contribution >= 4 is 17.4 Å². The van der Waals surface area contributed by atoms with Crippen LogP contribution in [0.3, 0.4) is 0 Å². The lowest BCUT2D eigenvalue weighted by Gasteiger charge is -2.36. The first-order valence-corrected chi connectivity index (χ1v) is 7.31. The van der Waals surface area contributed by atoms with E-state index in [0.717, 1.165) is 18.5 Å². The minimum Gasteiger partial charge on any atom is -0.382 e. The van der Waals surface area contributed by atoms with Gasteiger partial charge in [0, 0.05) is 23.2 Å². The van der Waals surface area contributed by atoms with Crippen LogP contribution in [-0.2, 0) is 4.74 Å². The van der Waals surface area contributed by atoms with Gasteiger partial charge in [0.05, 0.1) is 5.60 Å². The first-order valence-electron chi connectivity index (χ1n) is 6.50. The van der Waals surface area contributed by atoms with Crippen LogP contribution in [0.1, 0.15) is 26.7 Å². The monoisotopic (exact) mass is 305 g/mol.